The molecule has 4 rings (SSSR count). The third kappa shape index (κ3) is 5.48. The van der Waals surface area contributed by atoms with Gasteiger partial charge in [0.15, 0.2) is 0 Å². The molecule has 1 heterocycles. The van der Waals surface area contributed by atoms with Crippen LogP contribution in [0.1, 0.15) is 76.7 Å². The number of nitrogens with zero attached hydrogens (tertiary/aromatic N) is 1. The average molecular weight is 469 g/mol. The Kier molecular flexibility index (Phi) is 7.65. The second kappa shape index (κ2) is 10.3. The third-order valence-corrected chi connectivity index (χ3v) is 9.88. The molecule has 2 saturated carbocycles. The van der Waals surface area contributed by atoms with Gasteiger partial charge in [-0.1, -0.05) is 57.7 Å². The van der Waals surface area contributed by atoms with E-state index in [1.54, 1.807) is 6.07 Å². The van der Waals surface area contributed by atoms with Gasteiger partial charge in [-0.3, -0.25) is 9.05 Å². The maximum atomic E-state index is 13.7. The Balaban J connectivity index is 1.36. The molecule has 1 amide bonds. The van der Waals surface area contributed by atoms with Crippen LogP contribution in [0.25, 0.3) is 0 Å². The maximum absolute atomic E-state index is 13.7. The zero-order chi connectivity index (χ0) is 21.8. The van der Waals surface area contributed by atoms with Crippen LogP contribution < -0.4 is 10.1 Å². The Morgan fingerprint density at radius 2 is 1.74 bits per heavy atom. The summed E-state index contributed by atoms with van der Waals surface area (Å²) in [6.45, 7) is 4.12. The summed E-state index contributed by atoms with van der Waals surface area (Å²) in [4.78, 5) is 12.4. The quantitative estimate of drug-likeness (QED) is 0.289. The van der Waals surface area contributed by atoms with Gasteiger partial charge in [0.1, 0.15) is 5.75 Å². The van der Waals surface area contributed by atoms with E-state index in [2.05, 4.69) is 19.2 Å². The SMILES string of the molecule is CC(C)c1ccccc1OC(=O)NCSN(C1CCCC1)P1(=O)OC2CCCCC2O1. The van der Waals surface area contributed by atoms with Crippen LogP contribution in [0.15, 0.2) is 24.3 Å². The molecule has 1 aromatic rings. The van der Waals surface area contributed by atoms with Gasteiger partial charge in [0, 0.05) is 6.04 Å². The number of nitrogens with one attached hydrogen (secondary N) is 1. The largest absolute Gasteiger partial charge is 0.418 e. The highest BCUT2D eigenvalue weighted by molar-refractivity contribution is 8.01. The molecule has 0 spiro atoms. The van der Waals surface area contributed by atoms with Gasteiger partial charge in [-0.05, 0) is 55.2 Å². The molecule has 1 N–H and O–H groups in total. The molecule has 1 aromatic carbocycles. The summed E-state index contributed by atoms with van der Waals surface area (Å²) in [5.74, 6) is 1.05. The first kappa shape index (κ1) is 23.1. The van der Waals surface area contributed by atoms with Gasteiger partial charge in [0.25, 0.3) is 0 Å². The monoisotopic (exact) mass is 468 g/mol. The van der Waals surface area contributed by atoms with Gasteiger partial charge in [-0.25, -0.2) is 9.36 Å². The zero-order valence-corrected chi connectivity index (χ0v) is 20.0. The molecule has 7 nitrogen and oxygen atoms in total. The summed E-state index contributed by atoms with van der Waals surface area (Å²) >= 11 is 1.32. The van der Waals surface area contributed by atoms with Crippen molar-refractivity contribution in [2.75, 3.05) is 5.88 Å². The van der Waals surface area contributed by atoms with E-state index in [1.165, 1.54) is 11.9 Å². The molecule has 1 saturated heterocycles. The third-order valence-electron chi connectivity index (χ3n) is 6.21. The molecule has 0 aromatic heterocycles. The van der Waals surface area contributed by atoms with E-state index in [4.69, 9.17) is 13.8 Å². The fourth-order valence-corrected chi connectivity index (χ4v) is 8.35. The molecule has 3 fully saturated rings. The van der Waals surface area contributed by atoms with E-state index in [0.29, 0.717) is 5.75 Å². The predicted octanol–water partition coefficient (Wildman–Crippen LogP) is 6.21. The van der Waals surface area contributed by atoms with Crippen LogP contribution in [0.3, 0.4) is 0 Å². The second-order valence-corrected chi connectivity index (χ2v) is 11.8. The highest BCUT2D eigenvalue weighted by Crippen LogP contribution is 2.65. The Morgan fingerprint density at radius 1 is 1.13 bits per heavy atom. The standard InChI is InChI=1S/C22H33N2O5PS/c1-16(2)18-11-5-6-12-19(18)27-22(25)23-15-31-24(17-9-3-4-10-17)30(26)28-20-13-7-8-14-21(20)29-30/h5-6,11-12,16-17,20-21H,3-4,7-10,13-15H2,1-2H3,(H,23,25). The number of rotatable bonds is 7. The van der Waals surface area contributed by atoms with E-state index in [9.17, 15) is 9.36 Å². The van der Waals surface area contributed by atoms with E-state index < -0.39 is 13.8 Å². The smallest absolute Gasteiger partial charge is 0.410 e. The van der Waals surface area contributed by atoms with Crippen molar-refractivity contribution in [1.82, 2.24) is 9.39 Å². The highest BCUT2D eigenvalue weighted by atomic mass is 32.2. The van der Waals surface area contributed by atoms with Crippen LogP contribution in [-0.2, 0) is 13.6 Å². The minimum Gasteiger partial charge on any atom is -0.410 e. The first-order chi connectivity index (χ1) is 15.0. The van der Waals surface area contributed by atoms with Crippen LogP contribution in [0.4, 0.5) is 4.79 Å². The Labute approximate surface area is 189 Å². The minimum absolute atomic E-state index is 0.0745. The van der Waals surface area contributed by atoms with Crippen molar-refractivity contribution in [1.29, 1.82) is 0 Å². The number of fused-ring (bicyclic) bond motifs is 1. The molecule has 2 unspecified atom stereocenters. The normalized spacial score (nSPS) is 28.8. The molecular formula is C22H33N2O5PS. The summed E-state index contributed by atoms with van der Waals surface area (Å²) in [5.41, 5.74) is 0.984. The topological polar surface area (TPSA) is 77.1 Å². The van der Waals surface area contributed by atoms with Crippen molar-refractivity contribution in [3.8, 4) is 5.75 Å². The second-order valence-electron chi connectivity index (χ2n) is 8.81. The number of ether oxygens (including phenoxy) is 1. The maximum Gasteiger partial charge on any atom is 0.418 e. The van der Waals surface area contributed by atoms with Crippen molar-refractivity contribution in [3.63, 3.8) is 0 Å². The number of amides is 1. The van der Waals surface area contributed by atoms with Gasteiger partial charge >= 0.3 is 13.8 Å². The van der Waals surface area contributed by atoms with Crippen molar-refractivity contribution < 1.29 is 23.1 Å². The Hall–Kier alpha value is -1.05. The molecular weight excluding hydrogens is 435 g/mol. The summed E-state index contributed by atoms with van der Waals surface area (Å²) in [5, 5.41) is 2.78. The molecule has 9 heteroatoms. The lowest BCUT2D eigenvalue weighted by molar-refractivity contribution is 0.110. The van der Waals surface area contributed by atoms with Gasteiger partial charge < -0.3 is 10.1 Å². The summed E-state index contributed by atoms with van der Waals surface area (Å²) in [6, 6.07) is 7.68. The van der Waals surface area contributed by atoms with Gasteiger partial charge in [0.2, 0.25) is 0 Å². The lowest BCUT2D eigenvalue weighted by Gasteiger charge is -2.30. The lowest BCUT2D eigenvalue weighted by atomic mass is 9.95. The van der Waals surface area contributed by atoms with Crippen LogP contribution >= 0.6 is 19.7 Å². The fourth-order valence-electron chi connectivity index (χ4n) is 4.61. The number of benzene rings is 1. The molecule has 0 bridgehead atoms. The van der Waals surface area contributed by atoms with Gasteiger partial charge in [0.05, 0.1) is 18.1 Å². The number of para-hydroxylation sites is 1. The van der Waals surface area contributed by atoms with Gasteiger partial charge in [-0.2, -0.15) is 0 Å². The Morgan fingerprint density at radius 3 is 2.39 bits per heavy atom. The number of hydrogen-bond acceptors (Lipinski definition) is 6. The summed E-state index contributed by atoms with van der Waals surface area (Å²) in [7, 11) is -3.38. The first-order valence-corrected chi connectivity index (χ1v) is 13.8. The van der Waals surface area contributed by atoms with E-state index >= 15 is 0 Å². The van der Waals surface area contributed by atoms with E-state index in [0.717, 1.165) is 56.9 Å². The molecule has 1 aliphatic heterocycles. The lowest BCUT2D eigenvalue weighted by Crippen LogP contribution is -2.31. The van der Waals surface area contributed by atoms with Crippen LogP contribution in [0.5, 0.6) is 5.75 Å². The molecule has 2 aliphatic carbocycles. The van der Waals surface area contributed by atoms with Crippen molar-refractivity contribution in [2.24, 2.45) is 0 Å². The molecule has 0 radical (unpaired) electrons. The minimum atomic E-state index is -3.38. The first-order valence-electron chi connectivity index (χ1n) is 11.4. The van der Waals surface area contributed by atoms with Crippen molar-refractivity contribution >= 4 is 25.8 Å². The molecule has 3 aliphatic rings. The number of hydrogen-bond donors (Lipinski definition) is 1. The molecule has 172 valence electrons. The van der Waals surface area contributed by atoms with E-state index in [1.807, 2.05) is 22.3 Å². The molecule has 2 atom stereocenters. The predicted molar refractivity (Wildman–Crippen MR) is 122 cm³/mol. The fraction of sp³-hybridized carbons (Fsp3) is 0.682. The van der Waals surface area contributed by atoms with Crippen LogP contribution in [-0.4, -0.2) is 34.3 Å². The highest BCUT2D eigenvalue weighted by Gasteiger charge is 2.51. The molecule has 31 heavy (non-hydrogen) atoms. The van der Waals surface area contributed by atoms with Crippen LogP contribution in [0.2, 0.25) is 0 Å². The van der Waals surface area contributed by atoms with Gasteiger partial charge in [-0.15, -0.1) is 4.08 Å². The van der Waals surface area contributed by atoms with Crippen LogP contribution in [0, 0.1) is 0 Å². The summed E-state index contributed by atoms with van der Waals surface area (Å²) < 4.78 is 33.1. The number of carbonyl (C=O) groups excluding carboxylic acids is 1. The average Bonchev–Trinajstić information content (AvgIpc) is 3.38. The Bertz CT molecular complexity index is 799. The van der Waals surface area contributed by atoms with E-state index in [-0.39, 0.29) is 30.0 Å². The van der Waals surface area contributed by atoms with Crippen molar-refractivity contribution in [2.45, 2.75) is 89.4 Å². The number of carbonyl (C=O) groups is 1. The zero-order valence-electron chi connectivity index (χ0n) is 18.3. The van der Waals surface area contributed by atoms with Crippen molar-refractivity contribution in [3.05, 3.63) is 29.8 Å². The summed E-state index contributed by atoms with van der Waals surface area (Å²) in [6.07, 6.45) is 7.45.